The Morgan fingerprint density at radius 3 is 2.83 bits per heavy atom. The highest BCUT2D eigenvalue weighted by Gasteiger charge is 2.18. The summed E-state index contributed by atoms with van der Waals surface area (Å²) in [4.78, 5) is 4.64. The van der Waals surface area contributed by atoms with Gasteiger partial charge in [-0.05, 0) is 25.3 Å². The number of nitrogens with one attached hydrogen (secondary N) is 1. The molecule has 2 aromatic heterocycles. The molecule has 3 nitrogen and oxygen atoms in total. The van der Waals surface area contributed by atoms with Crippen molar-refractivity contribution in [3.05, 3.63) is 28.2 Å². The lowest BCUT2D eigenvalue weighted by Gasteiger charge is -2.19. The summed E-state index contributed by atoms with van der Waals surface area (Å²) in [6.07, 6.45) is 7.60. The fraction of sp³-hybridized carbons (Fsp3) is 0.571. The zero-order valence-electron chi connectivity index (χ0n) is 10.8. The first-order valence-electron chi connectivity index (χ1n) is 6.89. The van der Waals surface area contributed by atoms with E-state index >= 15 is 0 Å². The van der Waals surface area contributed by atoms with Crippen molar-refractivity contribution in [2.75, 3.05) is 0 Å². The summed E-state index contributed by atoms with van der Waals surface area (Å²) in [6.45, 7) is 2.11. The van der Waals surface area contributed by atoms with Crippen LogP contribution in [0.5, 0.6) is 0 Å². The summed E-state index contributed by atoms with van der Waals surface area (Å²) in [6, 6.07) is 4.18. The Balaban J connectivity index is 2.04. The first kappa shape index (κ1) is 11.9. The monoisotopic (exact) mass is 261 g/mol. The van der Waals surface area contributed by atoms with Crippen molar-refractivity contribution in [3.8, 4) is 0 Å². The van der Waals surface area contributed by atoms with Gasteiger partial charge in [0.05, 0.1) is 0 Å². The Hall–Kier alpha value is -1.16. The minimum absolute atomic E-state index is 0.667. The molecule has 2 aromatic rings. The number of rotatable bonds is 2. The highest BCUT2D eigenvalue weighted by atomic mass is 32.1. The van der Waals surface area contributed by atoms with E-state index in [0.717, 1.165) is 22.4 Å². The van der Waals surface area contributed by atoms with Crippen LogP contribution >= 0.6 is 12.2 Å². The fourth-order valence-corrected chi connectivity index (χ4v) is 3.14. The Morgan fingerprint density at radius 1 is 1.33 bits per heavy atom. The molecule has 0 unspecified atom stereocenters. The van der Waals surface area contributed by atoms with E-state index in [1.807, 2.05) is 10.6 Å². The van der Waals surface area contributed by atoms with Crippen molar-refractivity contribution < 1.29 is 0 Å². The van der Waals surface area contributed by atoms with E-state index in [4.69, 9.17) is 12.2 Å². The van der Waals surface area contributed by atoms with Gasteiger partial charge in [-0.3, -0.25) is 5.10 Å². The third-order valence-corrected chi connectivity index (χ3v) is 4.23. The van der Waals surface area contributed by atoms with Gasteiger partial charge in [0.25, 0.3) is 0 Å². The molecule has 0 spiro atoms. The predicted octanol–water partition coefficient (Wildman–Crippen LogP) is 4.00. The van der Waals surface area contributed by atoms with Crippen LogP contribution in [0.15, 0.2) is 12.1 Å². The largest absolute Gasteiger partial charge is 0.295 e. The quantitative estimate of drug-likeness (QED) is 0.829. The second-order valence-corrected chi connectivity index (χ2v) is 5.60. The van der Waals surface area contributed by atoms with Gasteiger partial charge in [-0.2, -0.15) is 0 Å². The van der Waals surface area contributed by atoms with Crippen molar-refractivity contribution in [2.24, 2.45) is 0 Å². The number of nitrogens with zero attached hydrogens (tertiary/aromatic N) is 2. The third-order valence-electron chi connectivity index (χ3n) is 3.93. The highest BCUT2D eigenvalue weighted by molar-refractivity contribution is 7.71. The van der Waals surface area contributed by atoms with Crippen LogP contribution in [-0.4, -0.2) is 14.6 Å². The summed E-state index contributed by atoms with van der Waals surface area (Å²) in [7, 11) is 0. The normalized spacial score (nSPS) is 17.4. The van der Waals surface area contributed by atoms with Crippen LogP contribution in [-0.2, 0) is 6.42 Å². The van der Waals surface area contributed by atoms with E-state index in [0.29, 0.717) is 5.92 Å². The molecule has 1 N–H and O–H groups in total. The number of hydrogen-bond donors (Lipinski definition) is 1. The van der Waals surface area contributed by atoms with Crippen molar-refractivity contribution in [1.82, 2.24) is 14.6 Å². The summed E-state index contributed by atoms with van der Waals surface area (Å²) < 4.78 is 2.78. The maximum absolute atomic E-state index is 5.41. The predicted molar refractivity (Wildman–Crippen MR) is 75.6 cm³/mol. The van der Waals surface area contributed by atoms with Crippen LogP contribution in [0.3, 0.4) is 0 Å². The smallest absolute Gasteiger partial charge is 0.154 e. The van der Waals surface area contributed by atoms with Crippen molar-refractivity contribution in [1.29, 1.82) is 0 Å². The first-order valence-corrected chi connectivity index (χ1v) is 7.30. The topological polar surface area (TPSA) is 33.1 Å². The summed E-state index contributed by atoms with van der Waals surface area (Å²) in [5.74, 6) is 0.667. The lowest BCUT2D eigenvalue weighted by atomic mass is 9.87. The van der Waals surface area contributed by atoms with Crippen LogP contribution in [0, 0.1) is 4.64 Å². The van der Waals surface area contributed by atoms with Crippen molar-refractivity contribution in [2.45, 2.75) is 51.4 Å². The zero-order valence-corrected chi connectivity index (χ0v) is 11.6. The molecular formula is C14H19N3S. The van der Waals surface area contributed by atoms with Crippen LogP contribution in [0.1, 0.15) is 56.3 Å². The number of aromatic amines is 1. The molecule has 96 valence electrons. The fourth-order valence-electron chi connectivity index (χ4n) is 2.86. The number of H-pyrrole nitrogens is 1. The maximum atomic E-state index is 5.41. The third kappa shape index (κ3) is 2.09. The van der Waals surface area contributed by atoms with Crippen LogP contribution in [0.4, 0.5) is 0 Å². The van der Waals surface area contributed by atoms with E-state index in [1.54, 1.807) is 0 Å². The number of hydrogen-bond acceptors (Lipinski definition) is 2. The molecule has 2 heterocycles. The minimum Gasteiger partial charge on any atom is -0.295 e. The standard InChI is InChI=1S/C14H19N3S/c1-2-11-8-14(18)17-13(15-11)9-12(16-17)10-6-4-3-5-7-10/h8-10,16H,2-7H2,1H3. The number of aromatic nitrogens is 3. The van der Waals surface area contributed by atoms with Crippen LogP contribution in [0.25, 0.3) is 5.65 Å². The molecule has 0 radical (unpaired) electrons. The average molecular weight is 261 g/mol. The Labute approximate surface area is 112 Å². The summed E-state index contributed by atoms with van der Waals surface area (Å²) in [5, 5.41) is 3.43. The molecule has 0 aliphatic heterocycles. The lowest BCUT2D eigenvalue weighted by molar-refractivity contribution is 0.435. The number of fused-ring (bicyclic) bond motifs is 1. The summed E-state index contributed by atoms with van der Waals surface area (Å²) in [5.41, 5.74) is 3.36. The van der Waals surface area contributed by atoms with Gasteiger partial charge in [-0.15, -0.1) is 0 Å². The molecule has 1 saturated carbocycles. The Kier molecular flexibility index (Phi) is 3.20. The molecule has 1 fully saturated rings. The van der Waals surface area contributed by atoms with E-state index < -0.39 is 0 Å². The molecule has 1 aliphatic rings. The van der Waals surface area contributed by atoms with Gasteiger partial charge >= 0.3 is 0 Å². The highest BCUT2D eigenvalue weighted by Crippen LogP contribution is 2.32. The Bertz CT molecular complexity index is 605. The average Bonchev–Trinajstić information content (AvgIpc) is 2.84. The Morgan fingerprint density at radius 2 is 2.11 bits per heavy atom. The van der Waals surface area contributed by atoms with Gasteiger partial charge < -0.3 is 0 Å². The second-order valence-electron chi connectivity index (χ2n) is 5.18. The molecular weight excluding hydrogens is 242 g/mol. The van der Waals surface area contributed by atoms with Crippen molar-refractivity contribution in [3.63, 3.8) is 0 Å². The van der Waals surface area contributed by atoms with Gasteiger partial charge in [0.15, 0.2) is 5.65 Å². The molecule has 18 heavy (non-hydrogen) atoms. The molecule has 0 bridgehead atoms. The van der Waals surface area contributed by atoms with E-state index in [1.165, 1.54) is 37.8 Å². The van der Waals surface area contributed by atoms with E-state index in [9.17, 15) is 0 Å². The molecule has 0 aromatic carbocycles. The molecule has 0 atom stereocenters. The van der Waals surface area contributed by atoms with E-state index in [-0.39, 0.29) is 0 Å². The molecule has 3 rings (SSSR count). The molecule has 0 amide bonds. The SMILES string of the molecule is CCc1cc(=S)n2[nH]c(C3CCCCC3)cc2n1. The van der Waals surface area contributed by atoms with Gasteiger partial charge in [0.2, 0.25) is 0 Å². The number of aryl methyl sites for hydroxylation is 1. The van der Waals surface area contributed by atoms with Gasteiger partial charge in [0, 0.05) is 23.4 Å². The molecule has 1 aliphatic carbocycles. The van der Waals surface area contributed by atoms with Gasteiger partial charge in [0.1, 0.15) is 4.64 Å². The lowest BCUT2D eigenvalue weighted by Crippen LogP contribution is -2.05. The van der Waals surface area contributed by atoms with Gasteiger partial charge in [-0.25, -0.2) is 9.50 Å². The molecule has 0 saturated heterocycles. The van der Waals surface area contributed by atoms with Crippen LogP contribution in [0.2, 0.25) is 0 Å². The van der Waals surface area contributed by atoms with Crippen LogP contribution < -0.4 is 0 Å². The van der Waals surface area contributed by atoms with Crippen molar-refractivity contribution >= 4 is 17.9 Å². The van der Waals surface area contributed by atoms with E-state index in [2.05, 4.69) is 23.1 Å². The molecule has 4 heteroatoms. The zero-order chi connectivity index (χ0) is 12.5. The van der Waals surface area contributed by atoms with Gasteiger partial charge in [-0.1, -0.05) is 38.4 Å². The second kappa shape index (κ2) is 4.84. The maximum Gasteiger partial charge on any atom is 0.154 e. The summed E-state index contributed by atoms with van der Waals surface area (Å²) >= 11 is 5.41. The minimum atomic E-state index is 0.667. The first-order chi connectivity index (χ1) is 8.78.